The van der Waals surface area contributed by atoms with Crippen molar-refractivity contribution in [2.24, 2.45) is 5.92 Å². The van der Waals surface area contributed by atoms with Gasteiger partial charge in [-0.3, -0.25) is 4.79 Å². The summed E-state index contributed by atoms with van der Waals surface area (Å²) in [4.78, 5) is 12.4. The topological polar surface area (TPSA) is 99.5 Å². The fourth-order valence-corrected chi connectivity index (χ4v) is 5.02. The minimum atomic E-state index is -3.81. The molecule has 0 spiro atoms. The van der Waals surface area contributed by atoms with Crippen LogP contribution in [-0.2, 0) is 21.4 Å². The average molecular weight is 449 g/mol. The molecular formula is C21H21F2N3O4S. The van der Waals surface area contributed by atoms with Gasteiger partial charge in [0.25, 0.3) is 0 Å². The van der Waals surface area contributed by atoms with Crippen LogP contribution in [0.5, 0.6) is 5.75 Å². The molecule has 0 saturated carbocycles. The number of benzene rings is 2. The Hall–Kier alpha value is -3.03. The SMILES string of the molecule is N#Cc1ccccc1S(=O)(=O)N1CCC(C(=O)NCc2ccc(OC(F)F)cc2)CC1. The van der Waals surface area contributed by atoms with Crippen LogP contribution in [0.3, 0.4) is 0 Å². The number of rotatable bonds is 7. The average Bonchev–Trinajstić information content (AvgIpc) is 2.78. The predicted molar refractivity (Wildman–Crippen MR) is 108 cm³/mol. The number of hydrogen-bond acceptors (Lipinski definition) is 5. The van der Waals surface area contributed by atoms with Gasteiger partial charge in [0.1, 0.15) is 11.8 Å². The van der Waals surface area contributed by atoms with E-state index in [0.29, 0.717) is 12.8 Å². The van der Waals surface area contributed by atoms with E-state index in [-0.39, 0.29) is 47.7 Å². The Morgan fingerprint density at radius 2 is 1.81 bits per heavy atom. The van der Waals surface area contributed by atoms with E-state index in [9.17, 15) is 27.3 Å². The highest BCUT2D eigenvalue weighted by molar-refractivity contribution is 7.89. The van der Waals surface area contributed by atoms with Crippen LogP contribution in [0, 0.1) is 17.2 Å². The van der Waals surface area contributed by atoms with Gasteiger partial charge in [-0.05, 0) is 42.7 Å². The fraction of sp³-hybridized carbons (Fsp3) is 0.333. The lowest BCUT2D eigenvalue weighted by atomic mass is 9.97. The summed E-state index contributed by atoms with van der Waals surface area (Å²) in [6, 6.07) is 13.9. The molecule has 0 aromatic heterocycles. The first kappa shape index (κ1) is 22.7. The fourth-order valence-electron chi connectivity index (χ4n) is 3.40. The zero-order valence-electron chi connectivity index (χ0n) is 16.5. The van der Waals surface area contributed by atoms with Gasteiger partial charge in [-0.2, -0.15) is 18.3 Å². The number of carbonyl (C=O) groups is 1. The van der Waals surface area contributed by atoms with Crippen LogP contribution < -0.4 is 10.1 Å². The zero-order chi connectivity index (χ0) is 22.4. The minimum absolute atomic E-state index is 0.0281. The van der Waals surface area contributed by atoms with E-state index in [4.69, 9.17) is 0 Å². The Labute approximate surface area is 179 Å². The molecule has 1 fully saturated rings. The molecule has 1 saturated heterocycles. The van der Waals surface area contributed by atoms with Crippen molar-refractivity contribution in [2.75, 3.05) is 13.1 Å². The van der Waals surface area contributed by atoms with Gasteiger partial charge >= 0.3 is 6.61 Å². The quantitative estimate of drug-likeness (QED) is 0.701. The van der Waals surface area contributed by atoms with E-state index >= 15 is 0 Å². The molecular weight excluding hydrogens is 428 g/mol. The lowest BCUT2D eigenvalue weighted by molar-refractivity contribution is -0.126. The predicted octanol–water partition coefficient (Wildman–Crippen LogP) is 2.88. The maximum atomic E-state index is 12.9. The van der Waals surface area contributed by atoms with Crippen LogP contribution in [-0.4, -0.2) is 38.3 Å². The second-order valence-electron chi connectivity index (χ2n) is 7.03. The van der Waals surface area contributed by atoms with Gasteiger partial charge < -0.3 is 10.1 Å². The van der Waals surface area contributed by atoms with E-state index in [2.05, 4.69) is 10.1 Å². The first-order valence-corrected chi connectivity index (χ1v) is 11.1. The number of amides is 1. The smallest absolute Gasteiger partial charge is 0.387 e. The van der Waals surface area contributed by atoms with Gasteiger partial charge in [-0.25, -0.2) is 8.42 Å². The standard InChI is InChI=1S/C21H21F2N3O4S/c22-21(23)30-18-7-5-15(6-8-18)14-25-20(27)16-9-11-26(12-10-16)31(28,29)19-4-2-1-3-17(19)13-24/h1-8,16,21H,9-12,14H2,(H,25,27). The molecule has 0 radical (unpaired) electrons. The van der Waals surface area contributed by atoms with Crippen molar-refractivity contribution in [3.05, 3.63) is 59.7 Å². The van der Waals surface area contributed by atoms with Gasteiger partial charge in [0, 0.05) is 25.6 Å². The first-order valence-electron chi connectivity index (χ1n) is 9.62. The molecule has 31 heavy (non-hydrogen) atoms. The molecule has 2 aromatic rings. The highest BCUT2D eigenvalue weighted by Crippen LogP contribution is 2.26. The molecule has 3 rings (SSSR count). The third-order valence-corrected chi connectivity index (χ3v) is 7.02. The largest absolute Gasteiger partial charge is 0.435 e. The molecule has 0 atom stereocenters. The number of piperidine rings is 1. The maximum absolute atomic E-state index is 12.9. The summed E-state index contributed by atoms with van der Waals surface area (Å²) >= 11 is 0. The number of nitrogens with zero attached hydrogens (tertiary/aromatic N) is 2. The monoisotopic (exact) mass is 449 g/mol. The van der Waals surface area contributed by atoms with Crippen LogP contribution in [0.25, 0.3) is 0 Å². The summed E-state index contributed by atoms with van der Waals surface area (Å²) < 4.78 is 55.7. The highest BCUT2D eigenvalue weighted by Gasteiger charge is 2.33. The Balaban J connectivity index is 1.53. The minimum Gasteiger partial charge on any atom is -0.435 e. The normalized spacial score (nSPS) is 15.4. The van der Waals surface area contributed by atoms with Crippen LogP contribution in [0.4, 0.5) is 8.78 Å². The van der Waals surface area contributed by atoms with E-state index in [0.717, 1.165) is 5.56 Å². The number of nitrogens with one attached hydrogen (secondary N) is 1. The third kappa shape index (κ3) is 5.57. The van der Waals surface area contributed by atoms with Crippen LogP contribution in [0.2, 0.25) is 0 Å². The Morgan fingerprint density at radius 3 is 2.42 bits per heavy atom. The van der Waals surface area contributed by atoms with Gasteiger partial charge in [0.15, 0.2) is 0 Å². The molecule has 2 aromatic carbocycles. The number of sulfonamides is 1. The molecule has 0 aliphatic carbocycles. The molecule has 1 N–H and O–H groups in total. The summed E-state index contributed by atoms with van der Waals surface area (Å²) in [5, 5.41) is 12.0. The van der Waals surface area contributed by atoms with Crippen LogP contribution in [0.1, 0.15) is 24.0 Å². The molecule has 0 unspecified atom stereocenters. The molecule has 0 bridgehead atoms. The lowest BCUT2D eigenvalue weighted by Gasteiger charge is -2.30. The summed E-state index contributed by atoms with van der Waals surface area (Å²) in [6.07, 6.45) is 0.724. The van der Waals surface area contributed by atoms with Crippen molar-refractivity contribution in [3.8, 4) is 11.8 Å². The lowest BCUT2D eigenvalue weighted by Crippen LogP contribution is -2.43. The van der Waals surface area contributed by atoms with E-state index < -0.39 is 16.6 Å². The number of ether oxygens (including phenoxy) is 1. The van der Waals surface area contributed by atoms with Gasteiger partial charge in [-0.1, -0.05) is 24.3 Å². The van der Waals surface area contributed by atoms with Crippen molar-refractivity contribution < 1.29 is 26.7 Å². The Kier molecular flexibility index (Phi) is 7.20. The molecule has 1 heterocycles. The zero-order valence-corrected chi connectivity index (χ0v) is 17.3. The van der Waals surface area contributed by atoms with Crippen molar-refractivity contribution >= 4 is 15.9 Å². The molecule has 1 aliphatic heterocycles. The highest BCUT2D eigenvalue weighted by atomic mass is 32.2. The van der Waals surface area contributed by atoms with Crippen molar-refractivity contribution in [1.82, 2.24) is 9.62 Å². The summed E-state index contributed by atoms with van der Waals surface area (Å²) in [6.45, 7) is -2.31. The van der Waals surface area contributed by atoms with E-state index in [1.54, 1.807) is 24.3 Å². The maximum Gasteiger partial charge on any atom is 0.387 e. The molecule has 10 heteroatoms. The van der Waals surface area contributed by atoms with Crippen LogP contribution in [0.15, 0.2) is 53.4 Å². The van der Waals surface area contributed by atoms with E-state index in [1.807, 2.05) is 6.07 Å². The summed E-state index contributed by atoms with van der Waals surface area (Å²) in [5.41, 5.74) is 0.815. The van der Waals surface area contributed by atoms with Gasteiger partial charge in [0.2, 0.25) is 15.9 Å². The molecule has 164 valence electrons. The summed E-state index contributed by atoms with van der Waals surface area (Å²) in [5.74, 6) is -0.488. The second kappa shape index (κ2) is 9.85. The number of carbonyl (C=O) groups excluding carboxylic acids is 1. The van der Waals surface area contributed by atoms with Crippen LogP contribution >= 0.6 is 0 Å². The Bertz CT molecular complexity index is 1060. The van der Waals surface area contributed by atoms with Gasteiger partial charge in [-0.15, -0.1) is 0 Å². The molecule has 7 nitrogen and oxygen atoms in total. The first-order chi connectivity index (χ1) is 14.8. The Morgan fingerprint density at radius 1 is 1.16 bits per heavy atom. The number of halogens is 2. The second-order valence-corrected chi connectivity index (χ2v) is 8.93. The van der Waals surface area contributed by atoms with Crippen molar-refractivity contribution in [1.29, 1.82) is 5.26 Å². The van der Waals surface area contributed by atoms with Crippen molar-refractivity contribution in [2.45, 2.75) is 30.9 Å². The molecule has 1 aliphatic rings. The van der Waals surface area contributed by atoms with Gasteiger partial charge in [0.05, 0.1) is 10.5 Å². The number of alkyl halides is 2. The number of nitriles is 1. The third-order valence-electron chi connectivity index (χ3n) is 5.07. The van der Waals surface area contributed by atoms with Crippen molar-refractivity contribution in [3.63, 3.8) is 0 Å². The van der Waals surface area contributed by atoms with E-state index in [1.165, 1.54) is 28.6 Å². The molecule has 1 amide bonds. The summed E-state index contributed by atoms with van der Waals surface area (Å²) in [7, 11) is -3.81. The number of hydrogen-bond donors (Lipinski definition) is 1.